The summed E-state index contributed by atoms with van der Waals surface area (Å²) in [6.45, 7) is 3.90. The summed E-state index contributed by atoms with van der Waals surface area (Å²) in [6, 6.07) is 10.5. The standard InChI is InChI=1S/C21H22N2O4/c1-5-17-12(2)18-7-6-14(10-19(18)23-21(17)25)22-20(24)13-8-15(26-3)11-16(9-13)27-4/h6-11H,5H2,1-4H3,(H,22,24)(H,23,25). The van der Waals surface area contributed by atoms with Crippen LogP contribution >= 0.6 is 0 Å². The zero-order chi connectivity index (χ0) is 19.6. The molecule has 2 N–H and O–H groups in total. The number of benzene rings is 2. The van der Waals surface area contributed by atoms with Gasteiger partial charge in [0, 0.05) is 28.3 Å². The molecule has 0 aliphatic heterocycles. The second-order valence-electron chi connectivity index (χ2n) is 6.23. The lowest BCUT2D eigenvalue weighted by molar-refractivity contribution is 0.102. The number of nitrogens with one attached hydrogen (secondary N) is 2. The first kappa shape index (κ1) is 18.5. The molecule has 2 aromatic carbocycles. The molecule has 140 valence electrons. The van der Waals surface area contributed by atoms with Crippen LogP contribution in [0.25, 0.3) is 10.9 Å². The number of aromatic amines is 1. The van der Waals surface area contributed by atoms with Gasteiger partial charge in [0.2, 0.25) is 0 Å². The summed E-state index contributed by atoms with van der Waals surface area (Å²) >= 11 is 0. The van der Waals surface area contributed by atoms with Crippen LogP contribution in [0.3, 0.4) is 0 Å². The van der Waals surface area contributed by atoms with Crippen molar-refractivity contribution in [2.75, 3.05) is 19.5 Å². The number of anilines is 1. The first-order valence-electron chi connectivity index (χ1n) is 8.66. The third kappa shape index (κ3) is 3.65. The van der Waals surface area contributed by atoms with E-state index in [1.54, 1.807) is 24.3 Å². The van der Waals surface area contributed by atoms with Gasteiger partial charge in [0.1, 0.15) is 11.5 Å². The highest BCUT2D eigenvalue weighted by Gasteiger charge is 2.12. The van der Waals surface area contributed by atoms with E-state index in [9.17, 15) is 9.59 Å². The minimum atomic E-state index is -0.296. The van der Waals surface area contributed by atoms with Crippen LogP contribution in [0.15, 0.2) is 41.2 Å². The minimum absolute atomic E-state index is 0.0940. The third-order valence-electron chi connectivity index (χ3n) is 4.62. The minimum Gasteiger partial charge on any atom is -0.497 e. The predicted molar refractivity (Wildman–Crippen MR) is 106 cm³/mol. The van der Waals surface area contributed by atoms with E-state index >= 15 is 0 Å². The van der Waals surface area contributed by atoms with Gasteiger partial charge in [-0.2, -0.15) is 0 Å². The van der Waals surface area contributed by atoms with Crippen molar-refractivity contribution in [2.24, 2.45) is 0 Å². The van der Waals surface area contributed by atoms with Crippen LogP contribution in [0, 0.1) is 6.92 Å². The first-order chi connectivity index (χ1) is 13.0. The zero-order valence-electron chi connectivity index (χ0n) is 15.8. The van der Waals surface area contributed by atoms with Gasteiger partial charge in [-0.05, 0) is 43.2 Å². The lowest BCUT2D eigenvalue weighted by Gasteiger charge is -2.11. The Morgan fingerprint density at radius 2 is 1.74 bits per heavy atom. The third-order valence-corrected chi connectivity index (χ3v) is 4.62. The number of aryl methyl sites for hydroxylation is 1. The van der Waals surface area contributed by atoms with E-state index in [1.165, 1.54) is 14.2 Å². The molecule has 6 nitrogen and oxygen atoms in total. The van der Waals surface area contributed by atoms with Crippen LogP contribution in [0.5, 0.6) is 11.5 Å². The van der Waals surface area contributed by atoms with E-state index in [1.807, 2.05) is 26.0 Å². The van der Waals surface area contributed by atoms with Gasteiger partial charge in [0.25, 0.3) is 11.5 Å². The van der Waals surface area contributed by atoms with Gasteiger partial charge in [-0.25, -0.2) is 0 Å². The van der Waals surface area contributed by atoms with Crippen molar-refractivity contribution in [1.29, 1.82) is 0 Å². The molecule has 0 unspecified atom stereocenters. The number of carbonyl (C=O) groups excluding carboxylic acids is 1. The Morgan fingerprint density at radius 1 is 1.07 bits per heavy atom. The fourth-order valence-electron chi connectivity index (χ4n) is 3.15. The molecule has 0 saturated carbocycles. The van der Waals surface area contributed by atoms with Crippen LogP contribution in [0.2, 0.25) is 0 Å². The Kier molecular flexibility index (Phi) is 5.16. The van der Waals surface area contributed by atoms with Gasteiger partial charge >= 0.3 is 0 Å². The summed E-state index contributed by atoms with van der Waals surface area (Å²) in [6.07, 6.45) is 0.674. The molecule has 0 bridgehead atoms. The predicted octanol–water partition coefficient (Wildman–Crippen LogP) is 3.67. The van der Waals surface area contributed by atoms with Crippen LogP contribution < -0.4 is 20.3 Å². The number of ether oxygens (including phenoxy) is 2. The normalized spacial score (nSPS) is 10.7. The fraction of sp³-hybridized carbons (Fsp3) is 0.238. The number of hydrogen-bond donors (Lipinski definition) is 2. The van der Waals surface area contributed by atoms with Crippen LogP contribution in [-0.2, 0) is 6.42 Å². The van der Waals surface area contributed by atoms with Gasteiger partial charge in [-0.3, -0.25) is 9.59 Å². The molecule has 0 aliphatic carbocycles. The van der Waals surface area contributed by atoms with E-state index in [2.05, 4.69) is 10.3 Å². The summed E-state index contributed by atoms with van der Waals surface area (Å²) in [5.74, 6) is 0.769. The Labute approximate surface area is 157 Å². The van der Waals surface area contributed by atoms with Crippen LogP contribution in [-0.4, -0.2) is 25.1 Å². The molecule has 0 radical (unpaired) electrons. The number of fused-ring (bicyclic) bond motifs is 1. The zero-order valence-corrected chi connectivity index (χ0v) is 15.8. The van der Waals surface area contributed by atoms with Gasteiger partial charge in [0.15, 0.2) is 0 Å². The molecule has 1 amide bonds. The highest BCUT2D eigenvalue weighted by Crippen LogP contribution is 2.25. The van der Waals surface area contributed by atoms with Crippen molar-refractivity contribution >= 4 is 22.5 Å². The molecule has 0 fully saturated rings. The fourth-order valence-corrected chi connectivity index (χ4v) is 3.15. The van der Waals surface area contributed by atoms with Gasteiger partial charge < -0.3 is 19.8 Å². The number of rotatable bonds is 5. The maximum Gasteiger partial charge on any atom is 0.255 e. The number of aromatic nitrogens is 1. The molecule has 3 rings (SSSR count). The molecule has 0 aliphatic rings. The summed E-state index contributed by atoms with van der Waals surface area (Å²) in [5.41, 5.74) is 3.35. The second kappa shape index (κ2) is 7.53. The van der Waals surface area contributed by atoms with Gasteiger partial charge in [0.05, 0.1) is 19.7 Å². The van der Waals surface area contributed by atoms with E-state index in [0.29, 0.717) is 34.7 Å². The van der Waals surface area contributed by atoms with Crippen molar-refractivity contribution < 1.29 is 14.3 Å². The SMILES string of the molecule is CCc1c(C)c2ccc(NC(=O)c3cc(OC)cc(OC)c3)cc2[nH]c1=O. The lowest BCUT2D eigenvalue weighted by atomic mass is 10.0. The summed E-state index contributed by atoms with van der Waals surface area (Å²) in [7, 11) is 3.06. The molecule has 0 spiro atoms. The molecule has 0 saturated heterocycles. The van der Waals surface area contributed by atoms with E-state index < -0.39 is 0 Å². The van der Waals surface area contributed by atoms with E-state index in [-0.39, 0.29) is 11.5 Å². The summed E-state index contributed by atoms with van der Waals surface area (Å²) < 4.78 is 10.4. The quantitative estimate of drug-likeness (QED) is 0.722. The molecule has 1 heterocycles. The molecule has 0 atom stereocenters. The smallest absolute Gasteiger partial charge is 0.255 e. The molecule has 6 heteroatoms. The molecular weight excluding hydrogens is 344 g/mol. The average molecular weight is 366 g/mol. The van der Waals surface area contributed by atoms with Crippen molar-refractivity contribution in [3.63, 3.8) is 0 Å². The molecular formula is C21H22N2O4. The largest absolute Gasteiger partial charge is 0.497 e. The highest BCUT2D eigenvalue weighted by molar-refractivity contribution is 6.05. The monoisotopic (exact) mass is 366 g/mol. The van der Waals surface area contributed by atoms with Crippen molar-refractivity contribution in [2.45, 2.75) is 20.3 Å². The van der Waals surface area contributed by atoms with Crippen LogP contribution in [0.4, 0.5) is 5.69 Å². The molecule has 1 aromatic heterocycles. The lowest BCUT2D eigenvalue weighted by Crippen LogP contribution is -2.15. The van der Waals surface area contributed by atoms with E-state index in [0.717, 1.165) is 16.5 Å². The van der Waals surface area contributed by atoms with Gasteiger partial charge in [-0.15, -0.1) is 0 Å². The Bertz CT molecular complexity index is 1050. The average Bonchev–Trinajstić information content (AvgIpc) is 2.67. The number of methoxy groups -OCH3 is 2. The Hall–Kier alpha value is -3.28. The topological polar surface area (TPSA) is 80.4 Å². The maximum atomic E-state index is 12.6. The number of amides is 1. The first-order valence-corrected chi connectivity index (χ1v) is 8.66. The van der Waals surface area contributed by atoms with Crippen molar-refractivity contribution in [3.05, 3.63) is 63.4 Å². The van der Waals surface area contributed by atoms with Crippen LogP contribution in [0.1, 0.15) is 28.4 Å². The number of H-pyrrole nitrogens is 1. The molecule has 27 heavy (non-hydrogen) atoms. The maximum absolute atomic E-state index is 12.6. The highest BCUT2D eigenvalue weighted by atomic mass is 16.5. The Morgan fingerprint density at radius 3 is 2.33 bits per heavy atom. The van der Waals surface area contributed by atoms with E-state index in [4.69, 9.17) is 9.47 Å². The number of hydrogen-bond acceptors (Lipinski definition) is 4. The Balaban J connectivity index is 1.95. The summed E-state index contributed by atoms with van der Waals surface area (Å²) in [5, 5.41) is 3.81. The van der Waals surface area contributed by atoms with Crippen molar-refractivity contribution in [1.82, 2.24) is 4.98 Å². The van der Waals surface area contributed by atoms with Crippen molar-refractivity contribution in [3.8, 4) is 11.5 Å². The number of carbonyl (C=O) groups is 1. The summed E-state index contributed by atoms with van der Waals surface area (Å²) in [4.78, 5) is 27.7. The second-order valence-corrected chi connectivity index (χ2v) is 6.23. The molecule has 3 aromatic rings. The number of pyridine rings is 1. The van der Waals surface area contributed by atoms with Gasteiger partial charge in [-0.1, -0.05) is 13.0 Å².